The Balaban J connectivity index is 1.76. The highest BCUT2D eigenvalue weighted by molar-refractivity contribution is 5.66. The van der Waals surface area contributed by atoms with E-state index in [0.29, 0.717) is 25.7 Å². The molecule has 0 radical (unpaired) electrons. The third-order valence-electron chi connectivity index (χ3n) is 5.66. The summed E-state index contributed by atoms with van der Waals surface area (Å²) in [6, 6.07) is 9.53. The van der Waals surface area contributed by atoms with Gasteiger partial charge in [0.15, 0.2) is 0 Å². The van der Waals surface area contributed by atoms with Crippen molar-refractivity contribution in [3.63, 3.8) is 0 Å². The number of hydrogen-bond donors (Lipinski definition) is 4. The summed E-state index contributed by atoms with van der Waals surface area (Å²) >= 11 is 0. The number of carboxylic acids is 1. The molecule has 5 heteroatoms. The maximum Gasteiger partial charge on any atom is 0.303 e. The molecule has 1 fully saturated rings. The van der Waals surface area contributed by atoms with Gasteiger partial charge in [-0.05, 0) is 49.5 Å². The summed E-state index contributed by atoms with van der Waals surface area (Å²) in [4.78, 5) is 10.5. The standard InChI is InChI=1S/C21H32O5/c22-18(15-8-4-3-5-9-15)13-12-17-16(19(23)14-20(17)24)10-6-1-2-7-11-21(25)26/h3-5,8-9,16-20,22-24H,1-2,6-7,10-14H2,(H,25,26). The summed E-state index contributed by atoms with van der Waals surface area (Å²) in [5.74, 6) is -0.675. The molecule has 1 aromatic rings. The first-order valence-corrected chi connectivity index (χ1v) is 9.80. The van der Waals surface area contributed by atoms with Crippen LogP contribution in [0.3, 0.4) is 0 Å². The maximum absolute atomic E-state index is 10.5. The quantitative estimate of drug-likeness (QED) is 0.452. The molecule has 2 rings (SSSR count). The van der Waals surface area contributed by atoms with Crippen LogP contribution in [0.15, 0.2) is 30.3 Å². The average Bonchev–Trinajstić information content (AvgIpc) is 2.89. The number of aliphatic carboxylic acids is 1. The van der Waals surface area contributed by atoms with Gasteiger partial charge in [-0.1, -0.05) is 49.6 Å². The molecule has 0 heterocycles. The number of unbranched alkanes of at least 4 members (excludes halogenated alkanes) is 3. The zero-order chi connectivity index (χ0) is 18.9. The molecule has 4 N–H and O–H groups in total. The summed E-state index contributed by atoms with van der Waals surface area (Å²) in [5, 5.41) is 39.6. The third-order valence-corrected chi connectivity index (χ3v) is 5.66. The summed E-state index contributed by atoms with van der Waals surface area (Å²) < 4.78 is 0. The first-order chi connectivity index (χ1) is 12.5. The van der Waals surface area contributed by atoms with Crippen molar-refractivity contribution in [1.29, 1.82) is 0 Å². The topological polar surface area (TPSA) is 98.0 Å². The van der Waals surface area contributed by atoms with Gasteiger partial charge in [0.2, 0.25) is 0 Å². The number of aliphatic hydroxyl groups is 3. The van der Waals surface area contributed by atoms with Crippen molar-refractivity contribution < 1.29 is 25.2 Å². The average molecular weight is 364 g/mol. The van der Waals surface area contributed by atoms with Crippen LogP contribution in [0.1, 0.15) is 69.5 Å². The Bertz CT molecular complexity index is 532. The molecule has 0 amide bonds. The van der Waals surface area contributed by atoms with Crippen LogP contribution < -0.4 is 0 Å². The SMILES string of the molecule is O=C(O)CCCCCCC1C(O)CC(O)C1CCC(O)c1ccccc1. The van der Waals surface area contributed by atoms with E-state index in [1.807, 2.05) is 30.3 Å². The molecule has 1 aromatic carbocycles. The predicted molar refractivity (Wildman–Crippen MR) is 99.6 cm³/mol. The number of hydrogen-bond acceptors (Lipinski definition) is 4. The van der Waals surface area contributed by atoms with Crippen molar-refractivity contribution >= 4 is 5.97 Å². The van der Waals surface area contributed by atoms with E-state index in [4.69, 9.17) is 5.11 Å². The fraction of sp³-hybridized carbons (Fsp3) is 0.667. The Kier molecular flexibility index (Phi) is 8.55. The van der Waals surface area contributed by atoms with E-state index >= 15 is 0 Å². The summed E-state index contributed by atoms with van der Waals surface area (Å²) in [7, 11) is 0. The van der Waals surface area contributed by atoms with Gasteiger partial charge in [0.1, 0.15) is 0 Å². The van der Waals surface area contributed by atoms with E-state index in [0.717, 1.165) is 31.2 Å². The van der Waals surface area contributed by atoms with Gasteiger partial charge in [0.25, 0.3) is 0 Å². The summed E-state index contributed by atoms with van der Waals surface area (Å²) in [6.07, 6.45) is 4.67. The Labute approximate surface area is 155 Å². The molecule has 5 nitrogen and oxygen atoms in total. The number of carbonyl (C=O) groups is 1. The number of benzene rings is 1. The summed E-state index contributed by atoms with van der Waals surface area (Å²) in [5.41, 5.74) is 0.885. The lowest BCUT2D eigenvalue weighted by molar-refractivity contribution is -0.137. The Morgan fingerprint density at radius 2 is 1.58 bits per heavy atom. The van der Waals surface area contributed by atoms with Gasteiger partial charge in [0, 0.05) is 6.42 Å². The van der Waals surface area contributed by atoms with Crippen molar-refractivity contribution in [2.24, 2.45) is 11.8 Å². The van der Waals surface area contributed by atoms with Gasteiger partial charge < -0.3 is 20.4 Å². The second-order valence-electron chi connectivity index (χ2n) is 7.55. The molecule has 1 saturated carbocycles. The zero-order valence-corrected chi connectivity index (χ0v) is 15.3. The maximum atomic E-state index is 10.5. The first kappa shape index (κ1) is 20.9. The van der Waals surface area contributed by atoms with Crippen molar-refractivity contribution in [1.82, 2.24) is 0 Å². The van der Waals surface area contributed by atoms with Crippen LogP contribution >= 0.6 is 0 Å². The minimum absolute atomic E-state index is 0.0161. The molecule has 0 bridgehead atoms. The smallest absolute Gasteiger partial charge is 0.303 e. The molecule has 5 atom stereocenters. The van der Waals surface area contributed by atoms with E-state index < -0.39 is 24.3 Å². The Hall–Kier alpha value is -1.43. The lowest BCUT2D eigenvalue weighted by atomic mass is 9.84. The molecule has 0 aliphatic heterocycles. The lowest BCUT2D eigenvalue weighted by Gasteiger charge is -2.24. The highest BCUT2D eigenvalue weighted by Gasteiger charge is 2.40. The second-order valence-corrected chi connectivity index (χ2v) is 7.55. The van der Waals surface area contributed by atoms with Crippen LogP contribution in [0.2, 0.25) is 0 Å². The van der Waals surface area contributed by atoms with Crippen LogP contribution in [0.25, 0.3) is 0 Å². The van der Waals surface area contributed by atoms with Gasteiger partial charge >= 0.3 is 5.97 Å². The largest absolute Gasteiger partial charge is 0.481 e. The van der Waals surface area contributed by atoms with Crippen LogP contribution in [0, 0.1) is 11.8 Å². The highest BCUT2D eigenvalue weighted by atomic mass is 16.4. The molecular formula is C21H32O5. The number of rotatable bonds is 11. The Morgan fingerprint density at radius 1 is 0.962 bits per heavy atom. The predicted octanol–water partition coefficient (Wildman–Crippen LogP) is 3.28. The third kappa shape index (κ3) is 6.38. The second kappa shape index (κ2) is 10.7. The van der Waals surface area contributed by atoms with Crippen LogP contribution in [0.5, 0.6) is 0 Å². The number of carboxylic acid groups (broad SMARTS) is 1. The first-order valence-electron chi connectivity index (χ1n) is 9.80. The molecular weight excluding hydrogens is 332 g/mol. The van der Waals surface area contributed by atoms with Gasteiger partial charge in [-0.3, -0.25) is 4.79 Å². The summed E-state index contributed by atoms with van der Waals surface area (Å²) in [6.45, 7) is 0. The minimum atomic E-state index is -0.753. The van der Waals surface area contributed by atoms with Crippen molar-refractivity contribution in [2.45, 2.75) is 76.1 Å². The molecule has 1 aliphatic carbocycles. The van der Waals surface area contributed by atoms with Crippen molar-refractivity contribution in [3.8, 4) is 0 Å². The fourth-order valence-electron chi connectivity index (χ4n) is 4.18. The molecule has 26 heavy (non-hydrogen) atoms. The van der Waals surface area contributed by atoms with Crippen LogP contribution in [-0.4, -0.2) is 38.6 Å². The van der Waals surface area contributed by atoms with E-state index in [-0.39, 0.29) is 18.3 Å². The van der Waals surface area contributed by atoms with Crippen molar-refractivity contribution in [2.75, 3.05) is 0 Å². The molecule has 146 valence electrons. The highest BCUT2D eigenvalue weighted by Crippen LogP contribution is 2.40. The van der Waals surface area contributed by atoms with Crippen LogP contribution in [0.4, 0.5) is 0 Å². The van der Waals surface area contributed by atoms with Gasteiger partial charge in [-0.2, -0.15) is 0 Å². The molecule has 1 aliphatic rings. The molecule has 0 aromatic heterocycles. The van der Waals surface area contributed by atoms with Gasteiger partial charge in [-0.15, -0.1) is 0 Å². The molecule has 5 unspecified atom stereocenters. The molecule has 0 saturated heterocycles. The minimum Gasteiger partial charge on any atom is -0.481 e. The fourth-order valence-corrected chi connectivity index (χ4v) is 4.18. The lowest BCUT2D eigenvalue weighted by Crippen LogP contribution is -2.23. The number of aliphatic hydroxyl groups excluding tert-OH is 3. The van der Waals surface area contributed by atoms with Gasteiger partial charge in [0.05, 0.1) is 18.3 Å². The van der Waals surface area contributed by atoms with E-state index in [1.165, 1.54) is 0 Å². The van der Waals surface area contributed by atoms with E-state index in [1.54, 1.807) is 0 Å². The van der Waals surface area contributed by atoms with E-state index in [2.05, 4.69) is 0 Å². The van der Waals surface area contributed by atoms with Gasteiger partial charge in [-0.25, -0.2) is 0 Å². The normalized spacial score (nSPS) is 26.7. The zero-order valence-electron chi connectivity index (χ0n) is 15.3. The Morgan fingerprint density at radius 3 is 2.23 bits per heavy atom. The van der Waals surface area contributed by atoms with E-state index in [9.17, 15) is 20.1 Å². The monoisotopic (exact) mass is 364 g/mol. The van der Waals surface area contributed by atoms with Crippen LogP contribution in [-0.2, 0) is 4.79 Å². The van der Waals surface area contributed by atoms with Crippen molar-refractivity contribution in [3.05, 3.63) is 35.9 Å². The molecule has 0 spiro atoms.